The molecule has 4 N–H and O–H groups in total. The minimum Gasteiger partial charge on any atom is -0.364 e. The van der Waals surface area contributed by atoms with Gasteiger partial charge in [0.05, 0.1) is 4.92 Å². The third-order valence-corrected chi connectivity index (χ3v) is 5.03. The Hall–Kier alpha value is -2.81. The maximum Gasteiger partial charge on any atom is 0.329 e. The third-order valence-electron chi connectivity index (χ3n) is 5.03. The SMILES string of the molecule is N[C@H]1CC[C@H](CNc2nc(NCCc3ccc(F)cc3)ncc2[N+](=O)[O-])CC1. The van der Waals surface area contributed by atoms with Gasteiger partial charge in [-0.2, -0.15) is 4.98 Å². The molecule has 0 aliphatic heterocycles. The van der Waals surface area contributed by atoms with Crippen molar-refractivity contribution in [3.8, 4) is 0 Å². The average Bonchev–Trinajstić information content (AvgIpc) is 2.69. The number of halogens is 1. The van der Waals surface area contributed by atoms with E-state index in [0.717, 1.165) is 31.2 Å². The summed E-state index contributed by atoms with van der Waals surface area (Å²) >= 11 is 0. The fourth-order valence-corrected chi connectivity index (χ4v) is 3.33. The van der Waals surface area contributed by atoms with Gasteiger partial charge in [-0.15, -0.1) is 0 Å². The van der Waals surface area contributed by atoms with Crippen LogP contribution in [0.1, 0.15) is 31.2 Å². The maximum absolute atomic E-state index is 12.9. The molecule has 3 rings (SSSR count). The lowest BCUT2D eigenvalue weighted by molar-refractivity contribution is -0.384. The summed E-state index contributed by atoms with van der Waals surface area (Å²) in [5.74, 6) is 0.704. The number of hydrogen-bond acceptors (Lipinski definition) is 7. The van der Waals surface area contributed by atoms with E-state index in [9.17, 15) is 14.5 Å². The van der Waals surface area contributed by atoms with Crippen LogP contribution >= 0.6 is 0 Å². The molecule has 1 heterocycles. The molecule has 1 saturated carbocycles. The van der Waals surface area contributed by atoms with Crippen molar-refractivity contribution in [2.24, 2.45) is 11.7 Å². The molecule has 0 unspecified atom stereocenters. The molecule has 1 aliphatic rings. The average molecular weight is 388 g/mol. The molecular formula is C19H25FN6O2. The van der Waals surface area contributed by atoms with Crippen molar-refractivity contribution >= 4 is 17.5 Å². The Balaban J connectivity index is 1.58. The fourth-order valence-electron chi connectivity index (χ4n) is 3.33. The quantitative estimate of drug-likeness (QED) is 0.469. The van der Waals surface area contributed by atoms with E-state index < -0.39 is 4.92 Å². The molecule has 150 valence electrons. The summed E-state index contributed by atoms with van der Waals surface area (Å²) in [6.45, 7) is 1.16. The topological polar surface area (TPSA) is 119 Å². The number of nitrogens with two attached hydrogens (primary N) is 1. The van der Waals surface area contributed by atoms with Gasteiger partial charge in [-0.3, -0.25) is 10.1 Å². The Morgan fingerprint density at radius 3 is 2.57 bits per heavy atom. The van der Waals surface area contributed by atoms with Crippen molar-refractivity contribution in [3.05, 3.63) is 52.0 Å². The van der Waals surface area contributed by atoms with Crippen molar-refractivity contribution in [1.29, 1.82) is 0 Å². The van der Waals surface area contributed by atoms with E-state index in [4.69, 9.17) is 5.73 Å². The summed E-state index contributed by atoms with van der Waals surface area (Å²) in [7, 11) is 0. The molecule has 0 saturated heterocycles. The van der Waals surface area contributed by atoms with Crippen LogP contribution in [0.3, 0.4) is 0 Å². The predicted octanol–water partition coefficient (Wildman–Crippen LogP) is 3.11. The first-order valence-electron chi connectivity index (χ1n) is 9.50. The Kier molecular flexibility index (Phi) is 6.70. The summed E-state index contributed by atoms with van der Waals surface area (Å²) in [4.78, 5) is 19.1. The Morgan fingerprint density at radius 2 is 1.89 bits per heavy atom. The first-order chi connectivity index (χ1) is 13.5. The van der Waals surface area contributed by atoms with Gasteiger partial charge in [0.1, 0.15) is 12.0 Å². The first-order valence-corrected chi connectivity index (χ1v) is 9.50. The minimum atomic E-state index is -0.485. The van der Waals surface area contributed by atoms with Crippen LogP contribution in [-0.2, 0) is 6.42 Å². The molecule has 1 aromatic heterocycles. The standard InChI is InChI=1S/C19H25FN6O2/c20-15-5-1-13(2-6-15)9-10-22-19-24-12-17(26(27)28)18(25-19)23-11-14-3-7-16(21)8-4-14/h1-2,5-6,12,14,16H,3-4,7-11,21H2,(H2,22,23,24,25)/t14-,16-. The van der Waals surface area contributed by atoms with Crippen LogP contribution in [0.15, 0.2) is 30.5 Å². The smallest absolute Gasteiger partial charge is 0.329 e. The largest absolute Gasteiger partial charge is 0.364 e. The van der Waals surface area contributed by atoms with Crippen LogP contribution in [0.25, 0.3) is 0 Å². The van der Waals surface area contributed by atoms with Crippen molar-refractivity contribution in [1.82, 2.24) is 9.97 Å². The minimum absolute atomic E-state index is 0.142. The second kappa shape index (κ2) is 9.41. The highest BCUT2D eigenvalue weighted by Crippen LogP contribution is 2.26. The van der Waals surface area contributed by atoms with Gasteiger partial charge in [0, 0.05) is 19.1 Å². The highest BCUT2D eigenvalue weighted by molar-refractivity contribution is 5.57. The third kappa shape index (κ3) is 5.59. The lowest BCUT2D eigenvalue weighted by Gasteiger charge is -2.26. The zero-order valence-electron chi connectivity index (χ0n) is 15.6. The Bertz CT molecular complexity index is 794. The van der Waals surface area contributed by atoms with Crippen LogP contribution in [0.4, 0.5) is 21.8 Å². The molecule has 1 fully saturated rings. The van der Waals surface area contributed by atoms with E-state index in [-0.39, 0.29) is 23.4 Å². The summed E-state index contributed by atoms with van der Waals surface area (Å²) < 4.78 is 12.9. The Labute approximate surface area is 162 Å². The van der Waals surface area contributed by atoms with Crippen LogP contribution in [0.5, 0.6) is 0 Å². The van der Waals surface area contributed by atoms with Gasteiger partial charge in [-0.1, -0.05) is 12.1 Å². The molecule has 0 spiro atoms. The summed E-state index contributed by atoms with van der Waals surface area (Å²) in [6.07, 6.45) is 5.85. The van der Waals surface area contributed by atoms with Gasteiger partial charge >= 0.3 is 5.69 Å². The molecule has 2 aromatic rings. The number of anilines is 2. The fraction of sp³-hybridized carbons (Fsp3) is 0.474. The van der Waals surface area contributed by atoms with E-state index >= 15 is 0 Å². The number of benzene rings is 1. The zero-order valence-corrected chi connectivity index (χ0v) is 15.6. The van der Waals surface area contributed by atoms with Crippen molar-refractivity contribution in [2.45, 2.75) is 38.1 Å². The van der Waals surface area contributed by atoms with Crippen LogP contribution < -0.4 is 16.4 Å². The summed E-state index contributed by atoms with van der Waals surface area (Å²) in [5, 5.41) is 17.5. The molecule has 0 atom stereocenters. The van der Waals surface area contributed by atoms with Gasteiger partial charge < -0.3 is 16.4 Å². The molecular weight excluding hydrogens is 363 g/mol. The van der Waals surface area contributed by atoms with Crippen LogP contribution in [0, 0.1) is 21.8 Å². The maximum atomic E-state index is 12.9. The van der Waals surface area contributed by atoms with Gasteiger partial charge in [0.25, 0.3) is 0 Å². The second-order valence-electron chi connectivity index (χ2n) is 7.15. The van der Waals surface area contributed by atoms with Gasteiger partial charge in [-0.25, -0.2) is 9.37 Å². The molecule has 0 radical (unpaired) electrons. The van der Waals surface area contributed by atoms with E-state index in [1.807, 2.05) is 0 Å². The highest BCUT2D eigenvalue weighted by Gasteiger charge is 2.21. The first kappa shape index (κ1) is 19.9. The number of nitrogens with one attached hydrogen (secondary N) is 2. The number of nitro groups is 1. The number of rotatable bonds is 8. The van der Waals surface area contributed by atoms with Crippen molar-refractivity contribution in [3.63, 3.8) is 0 Å². The molecule has 1 aliphatic carbocycles. The molecule has 9 heteroatoms. The van der Waals surface area contributed by atoms with E-state index in [2.05, 4.69) is 20.6 Å². The van der Waals surface area contributed by atoms with E-state index in [0.29, 0.717) is 31.4 Å². The monoisotopic (exact) mass is 388 g/mol. The number of hydrogen-bond donors (Lipinski definition) is 3. The highest BCUT2D eigenvalue weighted by atomic mass is 19.1. The normalized spacial score (nSPS) is 19.2. The lowest BCUT2D eigenvalue weighted by atomic mass is 9.86. The zero-order chi connectivity index (χ0) is 19.9. The van der Waals surface area contributed by atoms with Gasteiger partial charge in [0.15, 0.2) is 0 Å². The molecule has 1 aromatic carbocycles. The molecule has 8 nitrogen and oxygen atoms in total. The van der Waals surface area contributed by atoms with Crippen LogP contribution in [-0.4, -0.2) is 34.0 Å². The van der Waals surface area contributed by atoms with E-state index in [1.54, 1.807) is 12.1 Å². The van der Waals surface area contributed by atoms with Gasteiger partial charge in [0.2, 0.25) is 11.8 Å². The van der Waals surface area contributed by atoms with Gasteiger partial charge in [-0.05, 0) is 55.7 Å². The predicted molar refractivity (Wildman–Crippen MR) is 106 cm³/mol. The summed E-state index contributed by atoms with van der Waals surface area (Å²) in [5.41, 5.74) is 6.76. The lowest BCUT2D eigenvalue weighted by Crippen LogP contribution is -2.29. The van der Waals surface area contributed by atoms with Crippen molar-refractivity contribution in [2.75, 3.05) is 23.7 Å². The molecule has 0 amide bonds. The second-order valence-corrected chi connectivity index (χ2v) is 7.15. The van der Waals surface area contributed by atoms with Crippen molar-refractivity contribution < 1.29 is 9.31 Å². The van der Waals surface area contributed by atoms with Crippen LogP contribution in [0.2, 0.25) is 0 Å². The molecule has 28 heavy (non-hydrogen) atoms. The Morgan fingerprint density at radius 1 is 1.18 bits per heavy atom. The number of nitrogens with zero attached hydrogens (tertiary/aromatic N) is 3. The van der Waals surface area contributed by atoms with E-state index in [1.165, 1.54) is 18.3 Å². The molecule has 0 bridgehead atoms. The number of aromatic nitrogens is 2. The summed E-state index contributed by atoms with van der Waals surface area (Å²) in [6, 6.07) is 6.53.